The number of carbonyl (C=O) groups excluding carboxylic acids is 1. The average Bonchev–Trinajstić information content (AvgIpc) is 2.54. The van der Waals surface area contributed by atoms with E-state index in [-0.39, 0.29) is 5.97 Å². The van der Waals surface area contributed by atoms with E-state index in [4.69, 9.17) is 11.6 Å². The van der Waals surface area contributed by atoms with E-state index in [2.05, 4.69) is 16.9 Å². The summed E-state index contributed by atoms with van der Waals surface area (Å²) in [6, 6.07) is 0. The lowest BCUT2D eigenvalue weighted by molar-refractivity contribution is -0.140. The van der Waals surface area contributed by atoms with Crippen LogP contribution in [0.1, 0.15) is 89.9 Å². The maximum Gasteiger partial charge on any atom is 0.305 e. The minimum Gasteiger partial charge on any atom is -0.469 e. The molecule has 0 aromatic heterocycles. The van der Waals surface area contributed by atoms with Crippen molar-refractivity contribution in [3.63, 3.8) is 0 Å². The van der Waals surface area contributed by atoms with Gasteiger partial charge < -0.3 is 4.74 Å². The third kappa shape index (κ3) is 17.6. The molecular weight excluding hydrogens is 296 g/mol. The molecule has 130 valence electrons. The summed E-state index contributed by atoms with van der Waals surface area (Å²) in [6.07, 6.45) is 21.4. The van der Waals surface area contributed by atoms with Gasteiger partial charge in [0, 0.05) is 12.3 Å². The van der Waals surface area contributed by atoms with Gasteiger partial charge >= 0.3 is 5.97 Å². The number of carbonyl (C=O) groups is 1. The highest BCUT2D eigenvalue weighted by Gasteiger charge is 1.98. The predicted molar refractivity (Wildman–Crippen MR) is 96.5 cm³/mol. The molecule has 0 aliphatic rings. The molecule has 0 saturated heterocycles. The van der Waals surface area contributed by atoms with Crippen LogP contribution in [0.5, 0.6) is 0 Å². The highest BCUT2D eigenvalue weighted by atomic mass is 35.5. The Balaban J connectivity index is 3.10. The Labute approximate surface area is 142 Å². The second kappa shape index (κ2) is 18.5. The Morgan fingerprint density at radius 3 is 1.73 bits per heavy atom. The first kappa shape index (κ1) is 21.5. The fourth-order valence-electron chi connectivity index (χ4n) is 2.46. The molecule has 0 radical (unpaired) electrons. The van der Waals surface area contributed by atoms with Crippen molar-refractivity contribution in [3.8, 4) is 0 Å². The lowest BCUT2D eigenvalue weighted by atomic mass is 10.1. The first-order chi connectivity index (χ1) is 10.8. The number of ether oxygens (including phenoxy) is 1. The van der Waals surface area contributed by atoms with Gasteiger partial charge in [-0.2, -0.15) is 0 Å². The summed E-state index contributed by atoms with van der Waals surface area (Å²) in [4.78, 5) is 10.9. The number of halogens is 1. The molecule has 3 heteroatoms. The number of hydrogen-bond donors (Lipinski definition) is 0. The number of hydrogen-bond acceptors (Lipinski definition) is 2. The molecule has 0 saturated carbocycles. The van der Waals surface area contributed by atoms with Gasteiger partial charge in [-0.3, -0.25) is 4.79 Å². The van der Waals surface area contributed by atoms with E-state index in [0.717, 1.165) is 18.7 Å². The fraction of sp³-hybridized carbons (Fsp3) is 0.842. The fourth-order valence-corrected chi connectivity index (χ4v) is 2.65. The van der Waals surface area contributed by atoms with Crippen molar-refractivity contribution in [3.05, 3.63) is 12.2 Å². The number of allylic oxidation sites excluding steroid dienone is 2. The summed E-state index contributed by atoms with van der Waals surface area (Å²) in [5.74, 6) is 0.732. The maximum absolute atomic E-state index is 10.9. The summed E-state index contributed by atoms with van der Waals surface area (Å²) in [5, 5.41) is 0. The minimum atomic E-state index is -0.0815. The van der Waals surface area contributed by atoms with Crippen molar-refractivity contribution >= 4 is 17.6 Å². The van der Waals surface area contributed by atoms with E-state index in [1.54, 1.807) is 0 Å². The second-order valence-electron chi connectivity index (χ2n) is 5.95. The van der Waals surface area contributed by atoms with Crippen LogP contribution in [0.4, 0.5) is 0 Å². The summed E-state index contributed by atoms with van der Waals surface area (Å²) in [5.41, 5.74) is 0. The zero-order valence-corrected chi connectivity index (χ0v) is 15.2. The standard InChI is InChI=1S/C19H35ClO2/c1-22-19(21)17-15-13-11-9-7-5-3-2-4-6-8-10-12-14-16-18-20/h2-3H,4-18H2,1H3. The highest BCUT2D eigenvalue weighted by molar-refractivity contribution is 6.17. The summed E-state index contributed by atoms with van der Waals surface area (Å²) >= 11 is 5.65. The lowest BCUT2D eigenvalue weighted by Gasteiger charge is -2.00. The zero-order chi connectivity index (χ0) is 16.3. The third-order valence-corrected chi connectivity index (χ3v) is 4.17. The molecule has 0 aromatic rings. The second-order valence-corrected chi connectivity index (χ2v) is 6.33. The molecule has 0 N–H and O–H groups in total. The third-order valence-electron chi connectivity index (χ3n) is 3.90. The monoisotopic (exact) mass is 330 g/mol. The van der Waals surface area contributed by atoms with Crippen LogP contribution in [0.25, 0.3) is 0 Å². The van der Waals surface area contributed by atoms with E-state index < -0.39 is 0 Å². The Morgan fingerprint density at radius 2 is 1.23 bits per heavy atom. The molecule has 2 nitrogen and oxygen atoms in total. The number of rotatable bonds is 16. The van der Waals surface area contributed by atoms with E-state index in [0.29, 0.717) is 6.42 Å². The van der Waals surface area contributed by atoms with Crippen molar-refractivity contribution in [1.29, 1.82) is 0 Å². The van der Waals surface area contributed by atoms with E-state index in [1.165, 1.54) is 77.7 Å². The van der Waals surface area contributed by atoms with Crippen molar-refractivity contribution < 1.29 is 9.53 Å². The van der Waals surface area contributed by atoms with E-state index >= 15 is 0 Å². The molecule has 22 heavy (non-hydrogen) atoms. The molecule has 0 spiro atoms. The van der Waals surface area contributed by atoms with Gasteiger partial charge in [-0.1, -0.05) is 57.1 Å². The van der Waals surface area contributed by atoms with Gasteiger partial charge in [0.2, 0.25) is 0 Å². The molecule has 0 bridgehead atoms. The number of unbranched alkanes of at least 4 members (excludes halogenated alkanes) is 11. The minimum absolute atomic E-state index is 0.0815. The smallest absolute Gasteiger partial charge is 0.305 e. The molecule has 0 unspecified atom stereocenters. The van der Waals surface area contributed by atoms with Crippen LogP contribution < -0.4 is 0 Å². The van der Waals surface area contributed by atoms with Crippen LogP contribution in [0, 0.1) is 0 Å². The molecule has 0 aliphatic heterocycles. The number of methoxy groups -OCH3 is 1. The van der Waals surface area contributed by atoms with Crippen molar-refractivity contribution in [2.45, 2.75) is 89.9 Å². The summed E-state index contributed by atoms with van der Waals surface area (Å²) in [6.45, 7) is 0. The van der Waals surface area contributed by atoms with Gasteiger partial charge in [0.05, 0.1) is 7.11 Å². The van der Waals surface area contributed by atoms with Crippen LogP contribution >= 0.6 is 11.6 Å². The normalized spacial score (nSPS) is 11.2. The topological polar surface area (TPSA) is 26.3 Å². The van der Waals surface area contributed by atoms with Crippen LogP contribution in [-0.2, 0) is 9.53 Å². The van der Waals surface area contributed by atoms with E-state index in [1.807, 2.05) is 0 Å². The van der Waals surface area contributed by atoms with Gasteiger partial charge in [0.1, 0.15) is 0 Å². The van der Waals surface area contributed by atoms with Crippen LogP contribution in [0.3, 0.4) is 0 Å². The van der Waals surface area contributed by atoms with E-state index in [9.17, 15) is 4.79 Å². The molecule has 0 aromatic carbocycles. The van der Waals surface area contributed by atoms with Gasteiger partial charge in [0.25, 0.3) is 0 Å². The summed E-state index contributed by atoms with van der Waals surface area (Å²) < 4.78 is 4.62. The molecular formula is C19H35ClO2. The van der Waals surface area contributed by atoms with Crippen molar-refractivity contribution in [1.82, 2.24) is 0 Å². The maximum atomic E-state index is 10.9. The molecule has 0 fully saturated rings. The molecule has 0 amide bonds. The predicted octanol–water partition coefficient (Wildman–Crippen LogP) is 6.42. The van der Waals surface area contributed by atoms with Crippen LogP contribution in [0.2, 0.25) is 0 Å². The van der Waals surface area contributed by atoms with Gasteiger partial charge in [0.15, 0.2) is 0 Å². The Morgan fingerprint density at radius 1 is 0.773 bits per heavy atom. The molecule has 0 atom stereocenters. The Kier molecular flexibility index (Phi) is 18.1. The lowest BCUT2D eigenvalue weighted by Crippen LogP contribution is -1.98. The van der Waals surface area contributed by atoms with Crippen molar-refractivity contribution in [2.24, 2.45) is 0 Å². The molecule has 0 heterocycles. The first-order valence-corrected chi connectivity index (χ1v) is 9.62. The highest BCUT2D eigenvalue weighted by Crippen LogP contribution is 2.10. The van der Waals surface area contributed by atoms with Crippen LogP contribution in [0.15, 0.2) is 12.2 Å². The quantitative estimate of drug-likeness (QED) is 0.141. The summed E-state index contributed by atoms with van der Waals surface area (Å²) in [7, 11) is 1.45. The Bertz CT molecular complexity index is 264. The van der Waals surface area contributed by atoms with Gasteiger partial charge in [-0.25, -0.2) is 0 Å². The number of alkyl halides is 1. The van der Waals surface area contributed by atoms with Gasteiger partial charge in [-0.05, 0) is 38.5 Å². The average molecular weight is 331 g/mol. The Hall–Kier alpha value is -0.500. The zero-order valence-electron chi connectivity index (χ0n) is 14.5. The van der Waals surface area contributed by atoms with Crippen molar-refractivity contribution in [2.75, 3.05) is 13.0 Å². The van der Waals surface area contributed by atoms with Gasteiger partial charge in [-0.15, -0.1) is 11.6 Å². The molecule has 0 aliphatic carbocycles. The SMILES string of the molecule is COC(=O)CCCCCCCC=CCCCCCCCCCl. The van der Waals surface area contributed by atoms with Crippen LogP contribution in [-0.4, -0.2) is 19.0 Å². The number of esters is 1. The molecule has 0 rings (SSSR count). The first-order valence-electron chi connectivity index (χ1n) is 9.09. The largest absolute Gasteiger partial charge is 0.469 e.